The van der Waals surface area contributed by atoms with E-state index < -0.39 is 17.5 Å². The van der Waals surface area contributed by atoms with E-state index in [1.54, 1.807) is 26.4 Å². The Morgan fingerprint density at radius 1 is 1.23 bits per heavy atom. The predicted molar refractivity (Wildman–Crippen MR) is 95.5 cm³/mol. The minimum absolute atomic E-state index is 0.169. The molecule has 6 nitrogen and oxygen atoms in total. The van der Waals surface area contributed by atoms with Crippen molar-refractivity contribution in [3.63, 3.8) is 0 Å². The number of hydrogen-bond acceptors (Lipinski definition) is 6. The fraction of sp³-hybridized carbons (Fsp3) is 0.176. The lowest BCUT2D eigenvalue weighted by atomic mass is 10.1. The number of nitrogens with one attached hydrogen (secondary N) is 2. The van der Waals surface area contributed by atoms with Crippen molar-refractivity contribution >= 4 is 28.9 Å². The maximum Gasteiger partial charge on any atom is 0.258 e. The fourth-order valence-electron chi connectivity index (χ4n) is 2.37. The van der Waals surface area contributed by atoms with E-state index >= 15 is 0 Å². The highest BCUT2D eigenvalue weighted by molar-refractivity contribution is 7.06. The van der Waals surface area contributed by atoms with E-state index in [-0.39, 0.29) is 5.69 Å². The number of nitrogens with zero attached hydrogens (tertiary/aromatic N) is 3. The number of aryl methyl sites for hydroxylation is 1. The van der Waals surface area contributed by atoms with Crippen LogP contribution < -0.4 is 10.6 Å². The second-order valence-corrected chi connectivity index (χ2v) is 6.33. The van der Waals surface area contributed by atoms with E-state index in [9.17, 15) is 13.6 Å². The van der Waals surface area contributed by atoms with Gasteiger partial charge in [-0.25, -0.2) is 13.8 Å². The number of anilines is 2. The van der Waals surface area contributed by atoms with Crippen LogP contribution in [0.25, 0.3) is 0 Å². The van der Waals surface area contributed by atoms with Crippen molar-refractivity contribution in [3.05, 3.63) is 64.1 Å². The third kappa shape index (κ3) is 3.83. The molecule has 0 fully saturated rings. The minimum atomic E-state index is -1.03. The second-order valence-electron chi connectivity index (χ2n) is 5.47. The highest BCUT2D eigenvalue weighted by Crippen LogP contribution is 2.23. The van der Waals surface area contributed by atoms with Gasteiger partial charge in [-0.3, -0.25) is 9.78 Å². The fourth-order valence-corrected chi connectivity index (χ4v) is 3.25. The van der Waals surface area contributed by atoms with Crippen molar-refractivity contribution in [2.45, 2.75) is 13.3 Å². The van der Waals surface area contributed by atoms with Crippen LogP contribution in [0.2, 0.25) is 0 Å². The molecule has 0 saturated heterocycles. The Kier molecular flexibility index (Phi) is 5.17. The Morgan fingerprint density at radius 2 is 2.04 bits per heavy atom. The highest BCUT2D eigenvalue weighted by Gasteiger charge is 2.20. The van der Waals surface area contributed by atoms with E-state index in [1.165, 1.54) is 17.6 Å². The van der Waals surface area contributed by atoms with Gasteiger partial charge in [0.1, 0.15) is 5.82 Å². The summed E-state index contributed by atoms with van der Waals surface area (Å²) in [6, 6.07) is 3.19. The van der Waals surface area contributed by atoms with Gasteiger partial charge < -0.3 is 10.6 Å². The zero-order chi connectivity index (χ0) is 18.7. The van der Waals surface area contributed by atoms with Gasteiger partial charge in [-0.2, -0.15) is 4.37 Å². The van der Waals surface area contributed by atoms with E-state index in [1.807, 2.05) is 0 Å². The first kappa shape index (κ1) is 17.9. The molecule has 2 heterocycles. The van der Waals surface area contributed by atoms with Crippen molar-refractivity contribution in [1.82, 2.24) is 14.3 Å². The number of aromatic nitrogens is 3. The lowest BCUT2D eigenvalue weighted by Gasteiger charge is -2.08. The number of hydrogen-bond donors (Lipinski definition) is 2. The van der Waals surface area contributed by atoms with Crippen LogP contribution in [0.15, 0.2) is 30.6 Å². The first-order chi connectivity index (χ1) is 12.5. The Labute approximate surface area is 152 Å². The summed E-state index contributed by atoms with van der Waals surface area (Å²) in [4.78, 5) is 21.8. The number of carbonyl (C=O) groups is 1. The Balaban J connectivity index is 1.84. The van der Waals surface area contributed by atoms with Crippen LogP contribution in [0, 0.1) is 18.6 Å². The molecular formula is C17H15F2N5OS. The van der Waals surface area contributed by atoms with Crippen molar-refractivity contribution < 1.29 is 13.6 Å². The highest BCUT2D eigenvalue weighted by atomic mass is 32.1. The molecular weight excluding hydrogens is 360 g/mol. The predicted octanol–water partition coefficient (Wildman–Crippen LogP) is 3.40. The maximum absolute atomic E-state index is 13.3. The van der Waals surface area contributed by atoms with Gasteiger partial charge in [0.15, 0.2) is 11.6 Å². The van der Waals surface area contributed by atoms with E-state index in [0.717, 1.165) is 12.1 Å². The zero-order valence-corrected chi connectivity index (χ0v) is 14.8. The first-order valence-electron chi connectivity index (χ1n) is 7.68. The van der Waals surface area contributed by atoms with Crippen LogP contribution in [0.5, 0.6) is 0 Å². The zero-order valence-electron chi connectivity index (χ0n) is 14.0. The summed E-state index contributed by atoms with van der Waals surface area (Å²) < 4.78 is 30.6. The summed E-state index contributed by atoms with van der Waals surface area (Å²) >= 11 is 1.20. The number of amides is 1. The Bertz CT molecular complexity index is 960. The van der Waals surface area contributed by atoms with Gasteiger partial charge in [0.2, 0.25) is 0 Å². The van der Waals surface area contributed by atoms with Gasteiger partial charge in [0.05, 0.1) is 23.1 Å². The van der Waals surface area contributed by atoms with E-state index in [0.29, 0.717) is 34.1 Å². The molecule has 0 radical (unpaired) electrons. The molecule has 0 bridgehead atoms. The van der Waals surface area contributed by atoms with Gasteiger partial charge in [-0.15, -0.1) is 0 Å². The summed E-state index contributed by atoms with van der Waals surface area (Å²) in [5, 5.41) is 5.48. The molecule has 3 aromatic rings. The minimum Gasteiger partial charge on any atom is -0.372 e. The van der Waals surface area contributed by atoms with Crippen LogP contribution in [0.1, 0.15) is 26.6 Å². The average molecular weight is 375 g/mol. The van der Waals surface area contributed by atoms with Gasteiger partial charge in [-0.05, 0) is 30.6 Å². The summed E-state index contributed by atoms with van der Waals surface area (Å²) in [6.07, 6.45) is 3.60. The molecule has 1 amide bonds. The lowest BCUT2D eigenvalue weighted by molar-refractivity contribution is 0.102. The molecule has 9 heteroatoms. The van der Waals surface area contributed by atoms with Crippen molar-refractivity contribution in [2.24, 2.45) is 0 Å². The van der Waals surface area contributed by atoms with E-state index in [2.05, 4.69) is 25.0 Å². The summed E-state index contributed by atoms with van der Waals surface area (Å²) in [6.45, 7) is 1.72. The molecule has 1 aromatic carbocycles. The topological polar surface area (TPSA) is 79.8 Å². The normalized spacial score (nSPS) is 10.6. The van der Waals surface area contributed by atoms with Gasteiger partial charge in [0.25, 0.3) is 5.91 Å². The molecule has 26 heavy (non-hydrogen) atoms. The lowest BCUT2D eigenvalue weighted by Crippen LogP contribution is -2.15. The van der Waals surface area contributed by atoms with Crippen molar-refractivity contribution in [3.8, 4) is 0 Å². The third-order valence-electron chi connectivity index (χ3n) is 3.62. The molecule has 0 aliphatic heterocycles. The molecule has 0 atom stereocenters. The van der Waals surface area contributed by atoms with Crippen LogP contribution in [-0.4, -0.2) is 27.3 Å². The van der Waals surface area contributed by atoms with Crippen LogP contribution in [0.3, 0.4) is 0 Å². The number of rotatable bonds is 5. The Hall–Kier alpha value is -2.94. The summed E-state index contributed by atoms with van der Waals surface area (Å²) in [5.74, 6) is -1.81. The largest absolute Gasteiger partial charge is 0.372 e. The molecule has 0 unspecified atom stereocenters. The number of halogens is 2. The molecule has 0 spiro atoms. The molecule has 0 aliphatic rings. The van der Waals surface area contributed by atoms with Crippen molar-refractivity contribution in [2.75, 3.05) is 17.7 Å². The van der Waals surface area contributed by atoms with Crippen LogP contribution in [0.4, 0.5) is 20.3 Å². The molecule has 2 N–H and O–H groups in total. The molecule has 134 valence electrons. The SMILES string of the molecule is CNc1cncc(Cc2snc(C)c2C(=O)Nc2ccc(F)c(F)c2)n1. The van der Waals surface area contributed by atoms with Crippen LogP contribution in [-0.2, 0) is 6.42 Å². The second kappa shape index (κ2) is 7.52. The summed E-state index contributed by atoms with van der Waals surface area (Å²) in [5.41, 5.74) is 1.81. The summed E-state index contributed by atoms with van der Waals surface area (Å²) in [7, 11) is 1.74. The average Bonchev–Trinajstić information content (AvgIpc) is 2.98. The monoisotopic (exact) mass is 375 g/mol. The Morgan fingerprint density at radius 3 is 2.77 bits per heavy atom. The smallest absolute Gasteiger partial charge is 0.258 e. The number of benzene rings is 1. The van der Waals surface area contributed by atoms with Gasteiger partial charge >= 0.3 is 0 Å². The maximum atomic E-state index is 13.3. The van der Waals surface area contributed by atoms with Gasteiger partial charge in [0, 0.05) is 36.3 Å². The first-order valence-corrected chi connectivity index (χ1v) is 8.45. The quantitative estimate of drug-likeness (QED) is 0.714. The van der Waals surface area contributed by atoms with Crippen LogP contribution >= 0.6 is 11.5 Å². The number of carbonyl (C=O) groups excluding carboxylic acids is 1. The molecule has 2 aromatic heterocycles. The molecule has 3 rings (SSSR count). The van der Waals surface area contributed by atoms with Crippen molar-refractivity contribution in [1.29, 1.82) is 0 Å². The van der Waals surface area contributed by atoms with Gasteiger partial charge in [-0.1, -0.05) is 0 Å². The third-order valence-corrected chi connectivity index (χ3v) is 4.55. The molecule has 0 saturated carbocycles. The standard InChI is InChI=1S/C17H15F2N5OS/c1-9-16(17(25)23-10-3-4-12(18)13(19)5-10)14(26-24-9)6-11-7-21-8-15(20-2)22-11/h3-5,7-8H,6H2,1-2H3,(H,20,22)(H,23,25). The molecule has 0 aliphatic carbocycles. The van der Waals surface area contributed by atoms with E-state index in [4.69, 9.17) is 0 Å².